The van der Waals surface area contributed by atoms with Crippen molar-refractivity contribution in [3.8, 4) is 5.75 Å². The quantitative estimate of drug-likeness (QED) is 0.335. The zero-order valence-electron chi connectivity index (χ0n) is 10.9. The summed E-state index contributed by atoms with van der Waals surface area (Å²) in [5.41, 5.74) is -0.0336. The Kier molecular flexibility index (Phi) is 6.96. The van der Waals surface area contributed by atoms with Crippen molar-refractivity contribution in [3.63, 3.8) is 0 Å². The van der Waals surface area contributed by atoms with Gasteiger partial charge in [0.15, 0.2) is 5.75 Å². The zero-order chi connectivity index (χ0) is 15.0. The summed E-state index contributed by atoms with van der Waals surface area (Å²) in [4.78, 5) is 22.1. The van der Waals surface area contributed by atoms with Crippen LogP contribution in [-0.2, 0) is 4.74 Å². The van der Waals surface area contributed by atoms with Gasteiger partial charge in [-0.25, -0.2) is 0 Å². The van der Waals surface area contributed by atoms with Crippen molar-refractivity contribution in [3.05, 3.63) is 33.9 Å². The summed E-state index contributed by atoms with van der Waals surface area (Å²) in [5.74, 6) is -0.273. The van der Waals surface area contributed by atoms with E-state index in [0.29, 0.717) is 19.8 Å². The maximum atomic E-state index is 11.8. The second-order valence-corrected chi connectivity index (χ2v) is 4.49. The number of hydrogen-bond donors (Lipinski definition) is 1. The Balaban J connectivity index is 2.64. The Labute approximate surface area is 124 Å². The molecular formula is C12H15BrN2O5. The number of nitro groups is 1. The Hall–Kier alpha value is -1.67. The number of nitro benzene ring substituents is 1. The fourth-order valence-electron chi connectivity index (χ4n) is 1.47. The molecule has 0 aromatic heterocycles. The number of amides is 1. The van der Waals surface area contributed by atoms with Crippen LogP contribution in [0.2, 0.25) is 0 Å². The Morgan fingerprint density at radius 2 is 2.20 bits per heavy atom. The first-order valence-electron chi connectivity index (χ1n) is 5.84. The molecule has 1 amide bonds. The van der Waals surface area contributed by atoms with E-state index in [4.69, 9.17) is 9.47 Å². The largest absolute Gasteiger partial charge is 0.490 e. The monoisotopic (exact) mass is 346 g/mol. The second-order valence-electron chi connectivity index (χ2n) is 3.70. The predicted molar refractivity (Wildman–Crippen MR) is 76.6 cm³/mol. The third-order valence-electron chi connectivity index (χ3n) is 2.39. The van der Waals surface area contributed by atoms with Gasteiger partial charge in [0.1, 0.15) is 0 Å². The lowest BCUT2D eigenvalue weighted by Crippen LogP contribution is -2.27. The molecule has 0 aliphatic heterocycles. The number of nitrogens with one attached hydrogen (secondary N) is 1. The molecule has 1 aromatic rings. The number of rotatable bonds is 8. The molecule has 0 aliphatic rings. The standard InChI is InChI=1S/C12H15BrN2O5/c1-19-11-3-2-9(8-10(11)15(17)18)12(16)14-5-7-20-6-4-13/h2-3,8H,4-7H2,1H3,(H,14,16). The highest BCUT2D eigenvalue weighted by atomic mass is 79.9. The van der Waals surface area contributed by atoms with Gasteiger partial charge in [-0.15, -0.1) is 0 Å². The molecule has 0 saturated heterocycles. The number of carbonyl (C=O) groups excluding carboxylic acids is 1. The minimum absolute atomic E-state index is 0.118. The Morgan fingerprint density at radius 3 is 2.80 bits per heavy atom. The summed E-state index contributed by atoms with van der Waals surface area (Å²) in [6.45, 7) is 1.28. The minimum atomic E-state index is -0.589. The van der Waals surface area contributed by atoms with Crippen molar-refractivity contribution in [1.82, 2.24) is 5.32 Å². The highest BCUT2D eigenvalue weighted by Gasteiger charge is 2.17. The van der Waals surface area contributed by atoms with Crippen LogP contribution in [0.3, 0.4) is 0 Å². The summed E-state index contributed by atoms with van der Waals surface area (Å²) in [6, 6.07) is 4.06. The van der Waals surface area contributed by atoms with Crippen molar-refractivity contribution in [2.75, 3.05) is 32.2 Å². The SMILES string of the molecule is COc1ccc(C(=O)NCCOCCBr)cc1[N+](=O)[O-]. The van der Waals surface area contributed by atoms with Gasteiger partial charge in [-0.05, 0) is 12.1 Å². The number of benzene rings is 1. The molecule has 110 valence electrons. The number of ether oxygens (including phenoxy) is 2. The normalized spacial score (nSPS) is 10.1. The first-order valence-corrected chi connectivity index (χ1v) is 6.96. The van der Waals surface area contributed by atoms with Crippen LogP contribution in [0, 0.1) is 10.1 Å². The van der Waals surface area contributed by atoms with Crippen molar-refractivity contribution < 1.29 is 19.2 Å². The number of nitrogens with zero attached hydrogens (tertiary/aromatic N) is 1. The number of hydrogen-bond acceptors (Lipinski definition) is 5. The predicted octanol–water partition coefficient (Wildman–Crippen LogP) is 1.74. The van der Waals surface area contributed by atoms with Gasteiger partial charge in [-0.2, -0.15) is 0 Å². The summed E-state index contributed by atoms with van der Waals surface area (Å²) < 4.78 is 10.0. The van der Waals surface area contributed by atoms with E-state index < -0.39 is 10.8 Å². The fourth-order valence-corrected chi connectivity index (χ4v) is 1.70. The summed E-state index contributed by atoms with van der Waals surface area (Å²) in [6.07, 6.45) is 0. The zero-order valence-corrected chi connectivity index (χ0v) is 12.5. The van der Waals surface area contributed by atoms with Gasteiger partial charge in [0.2, 0.25) is 0 Å². The smallest absolute Gasteiger partial charge is 0.311 e. The maximum absolute atomic E-state index is 11.8. The lowest BCUT2D eigenvalue weighted by atomic mass is 10.1. The molecule has 0 aliphatic carbocycles. The molecule has 0 atom stereocenters. The fraction of sp³-hybridized carbons (Fsp3) is 0.417. The van der Waals surface area contributed by atoms with Crippen LogP contribution in [-0.4, -0.2) is 43.0 Å². The maximum Gasteiger partial charge on any atom is 0.311 e. The van der Waals surface area contributed by atoms with Crippen molar-refractivity contribution >= 4 is 27.5 Å². The van der Waals surface area contributed by atoms with E-state index in [0.717, 1.165) is 5.33 Å². The molecule has 0 spiro atoms. The lowest BCUT2D eigenvalue weighted by molar-refractivity contribution is -0.385. The second kappa shape index (κ2) is 8.49. The van der Waals surface area contributed by atoms with Crippen molar-refractivity contribution in [2.24, 2.45) is 0 Å². The molecule has 0 fully saturated rings. The van der Waals surface area contributed by atoms with Crippen LogP contribution in [0.4, 0.5) is 5.69 Å². The first-order chi connectivity index (χ1) is 9.60. The van der Waals surface area contributed by atoms with Crippen LogP contribution in [0.1, 0.15) is 10.4 Å². The Bertz CT molecular complexity index is 481. The van der Waals surface area contributed by atoms with Gasteiger partial charge in [-0.1, -0.05) is 15.9 Å². The molecule has 1 N–H and O–H groups in total. The molecule has 20 heavy (non-hydrogen) atoms. The average molecular weight is 347 g/mol. The van der Waals surface area contributed by atoms with Crippen LogP contribution < -0.4 is 10.1 Å². The van der Waals surface area contributed by atoms with Crippen molar-refractivity contribution in [2.45, 2.75) is 0 Å². The van der Waals surface area contributed by atoms with Crippen LogP contribution >= 0.6 is 15.9 Å². The van der Waals surface area contributed by atoms with Crippen LogP contribution in [0.25, 0.3) is 0 Å². The van der Waals surface area contributed by atoms with Gasteiger partial charge in [-0.3, -0.25) is 14.9 Å². The summed E-state index contributed by atoms with van der Waals surface area (Å²) in [7, 11) is 1.34. The van der Waals surface area contributed by atoms with E-state index in [9.17, 15) is 14.9 Å². The highest BCUT2D eigenvalue weighted by molar-refractivity contribution is 9.09. The van der Waals surface area contributed by atoms with Gasteiger partial charge in [0.25, 0.3) is 5.91 Å². The molecular weight excluding hydrogens is 332 g/mol. The Morgan fingerprint density at radius 1 is 1.45 bits per heavy atom. The van der Waals surface area contributed by atoms with E-state index in [1.165, 1.54) is 25.3 Å². The number of methoxy groups -OCH3 is 1. The summed E-state index contributed by atoms with van der Waals surface area (Å²) in [5, 5.41) is 14.2. The van der Waals surface area contributed by atoms with Crippen LogP contribution in [0.5, 0.6) is 5.75 Å². The minimum Gasteiger partial charge on any atom is -0.490 e. The third-order valence-corrected chi connectivity index (χ3v) is 2.71. The third kappa shape index (κ3) is 4.78. The van der Waals surface area contributed by atoms with E-state index in [1.54, 1.807) is 0 Å². The van der Waals surface area contributed by atoms with Gasteiger partial charge >= 0.3 is 5.69 Å². The van der Waals surface area contributed by atoms with E-state index in [2.05, 4.69) is 21.2 Å². The van der Waals surface area contributed by atoms with Crippen molar-refractivity contribution in [1.29, 1.82) is 0 Å². The van der Waals surface area contributed by atoms with Gasteiger partial charge in [0.05, 0.1) is 25.2 Å². The highest BCUT2D eigenvalue weighted by Crippen LogP contribution is 2.27. The number of carbonyl (C=O) groups is 1. The van der Waals surface area contributed by atoms with E-state index in [1.807, 2.05) is 0 Å². The molecule has 0 radical (unpaired) electrons. The first kappa shape index (κ1) is 16.4. The molecule has 1 rings (SSSR count). The molecule has 7 nitrogen and oxygen atoms in total. The summed E-state index contributed by atoms with van der Waals surface area (Å²) >= 11 is 3.21. The lowest BCUT2D eigenvalue weighted by Gasteiger charge is -2.07. The molecule has 0 heterocycles. The molecule has 8 heteroatoms. The van der Waals surface area contributed by atoms with E-state index >= 15 is 0 Å². The molecule has 1 aromatic carbocycles. The number of halogens is 1. The number of alkyl halides is 1. The topological polar surface area (TPSA) is 90.7 Å². The van der Waals surface area contributed by atoms with Gasteiger partial charge < -0.3 is 14.8 Å². The van der Waals surface area contributed by atoms with Gasteiger partial charge in [0, 0.05) is 23.5 Å². The molecule has 0 bridgehead atoms. The average Bonchev–Trinajstić information content (AvgIpc) is 2.46. The van der Waals surface area contributed by atoms with Crippen LogP contribution in [0.15, 0.2) is 18.2 Å². The van der Waals surface area contributed by atoms with E-state index in [-0.39, 0.29) is 17.0 Å². The molecule has 0 saturated carbocycles. The molecule has 0 unspecified atom stereocenters.